The summed E-state index contributed by atoms with van der Waals surface area (Å²) < 4.78 is 5.34. The van der Waals surface area contributed by atoms with Crippen molar-refractivity contribution >= 4 is 5.91 Å². The Kier molecular flexibility index (Phi) is 7.21. The quantitative estimate of drug-likeness (QED) is 0.662. The van der Waals surface area contributed by atoms with Crippen molar-refractivity contribution in [3.63, 3.8) is 0 Å². The minimum Gasteiger partial charge on any atom is -0.372 e. The highest BCUT2D eigenvalue weighted by molar-refractivity contribution is 5.77. The molecule has 1 amide bonds. The summed E-state index contributed by atoms with van der Waals surface area (Å²) in [5.41, 5.74) is 0. The average molecular weight is 242 g/mol. The van der Waals surface area contributed by atoms with Crippen molar-refractivity contribution in [2.45, 2.75) is 45.6 Å². The van der Waals surface area contributed by atoms with Crippen molar-refractivity contribution in [1.29, 1.82) is 0 Å². The number of rotatable bonds is 7. The van der Waals surface area contributed by atoms with Crippen LogP contribution in [0.4, 0.5) is 0 Å². The lowest BCUT2D eigenvalue weighted by Gasteiger charge is -2.30. The van der Waals surface area contributed by atoms with E-state index in [1.54, 1.807) is 0 Å². The molecule has 0 aromatic rings. The van der Waals surface area contributed by atoms with E-state index in [0.717, 1.165) is 25.9 Å². The zero-order valence-electron chi connectivity index (χ0n) is 11.1. The molecular weight excluding hydrogens is 216 g/mol. The molecule has 0 aromatic heterocycles. The molecule has 0 spiro atoms. The van der Waals surface area contributed by atoms with Gasteiger partial charge in [0.05, 0.1) is 0 Å². The van der Waals surface area contributed by atoms with Crippen LogP contribution in [0.5, 0.6) is 0 Å². The zero-order valence-corrected chi connectivity index (χ0v) is 11.1. The third-order valence-corrected chi connectivity index (χ3v) is 3.30. The Hall–Kier alpha value is -0.610. The van der Waals surface area contributed by atoms with Gasteiger partial charge in [-0.3, -0.25) is 4.79 Å². The Labute approximate surface area is 104 Å². The molecule has 0 saturated carbocycles. The molecule has 4 nitrogen and oxygen atoms in total. The molecule has 0 aliphatic carbocycles. The van der Waals surface area contributed by atoms with Crippen LogP contribution >= 0.6 is 0 Å². The number of hydrogen-bond acceptors (Lipinski definition) is 3. The van der Waals surface area contributed by atoms with E-state index in [0.29, 0.717) is 12.5 Å². The largest absolute Gasteiger partial charge is 0.372 e. The summed E-state index contributed by atoms with van der Waals surface area (Å²) in [7, 11) is 0. The molecule has 0 aromatic carbocycles. The fraction of sp³-hybridized carbons (Fsp3) is 0.923. The SMILES string of the molecule is CCCCCOCC(=O)NC1CNCCC1C. The molecule has 2 N–H and O–H groups in total. The minimum absolute atomic E-state index is 0.0158. The number of amides is 1. The van der Waals surface area contributed by atoms with E-state index in [9.17, 15) is 4.79 Å². The summed E-state index contributed by atoms with van der Waals surface area (Å²) in [6.07, 6.45) is 4.53. The molecule has 1 fully saturated rings. The number of ether oxygens (including phenoxy) is 1. The van der Waals surface area contributed by atoms with E-state index in [1.807, 2.05) is 0 Å². The smallest absolute Gasteiger partial charge is 0.246 e. The van der Waals surface area contributed by atoms with Crippen molar-refractivity contribution in [2.24, 2.45) is 5.92 Å². The second kappa shape index (κ2) is 8.48. The van der Waals surface area contributed by atoms with E-state index in [-0.39, 0.29) is 18.6 Å². The van der Waals surface area contributed by atoms with E-state index in [4.69, 9.17) is 4.74 Å². The molecule has 1 saturated heterocycles. The molecule has 1 rings (SSSR count). The highest BCUT2D eigenvalue weighted by Crippen LogP contribution is 2.10. The number of unbranched alkanes of at least 4 members (excludes halogenated alkanes) is 2. The van der Waals surface area contributed by atoms with Gasteiger partial charge in [0.25, 0.3) is 0 Å². The van der Waals surface area contributed by atoms with Gasteiger partial charge in [-0.25, -0.2) is 0 Å². The Morgan fingerprint density at radius 2 is 2.29 bits per heavy atom. The van der Waals surface area contributed by atoms with Crippen LogP contribution in [0.25, 0.3) is 0 Å². The monoisotopic (exact) mass is 242 g/mol. The molecule has 0 bridgehead atoms. The van der Waals surface area contributed by atoms with Crippen LogP contribution in [0, 0.1) is 5.92 Å². The van der Waals surface area contributed by atoms with Gasteiger partial charge in [-0.1, -0.05) is 26.7 Å². The van der Waals surface area contributed by atoms with Gasteiger partial charge in [0, 0.05) is 19.2 Å². The van der Waals surface area contributed by atoms with Crippen LogP contribution in [0.3, 0.4) is 0 Å². The Morgan fingerprint density at radius 3 is 3.00 bits per heavy atom. The Bertz CT molecular complexity index is 221. The topological polar surface area (TPSA) is 50.4 Å². The van der Waals surface area contributed by atoms with Crippen LogP contribution < -0.4 is 10.6 Å². The minimum atomic E-state index is 0.0158. The van der Waals surface area contributed by atoms with Gasteiger partial charge < -0.3 is 15.4 Å². The summed E-state index contributed by atoms with van der Waals surface area (Å²) in [4.78, 5) is 11.6. The first-order valence-corrected chi connectivity index (χ1v) is 6.82. The van der Waals surface area contributed by atoms with Crippen molar-refractivity contribution in [3.8, 4) is 0 Å². The van der Waals surface area contributed by atoms with E-state index < -0.39 is 0 Å². The second-order valence-electron chi connectivity index (χ2n) is 4.90. The molecule has 4 heteroatoms. The number of piperidine rings is 1. The van der Waals surface area contributed by atoms with Crippen LogP contribution in [-0.4, -0.2) is 38.3 Å². The molecule has 100 valence electrons. The summed E-state index contributed by atoms with van der Waals surface area (Å²) in [6.45, 7) is 7.18. The van der Waals surface area contributed by atoms with Crippen LogP contribution in [0.2, 0.25) is 0 Å². The van der Waals surface area contributed by atoms with Gasteiger partial charge >= 0.3 is 0 Å². The number of nitrogens with one attached hydrogen (secondary N) is 2. The lowest BCUT2D eigenvalue weighted by atomic mass is 9.95. The molecule has 17 heavy (non-hydrogen) atoms. The van der Waals surface area contributed by atoms with Gasteiger partial charge in [-0.15, -0.1) is 0 Å². The van der Waals surface area contributed by atoms with E-state index in [2.05, 4.69) is 24.5 Å². The molecule has 2 atom stereocenters. The summed E-state index contributed by atoms with van der Waals surface area (Å²) >= 11 is 0. The van der Waals surface area contributed by atoms with Crippen molar-refractivity contribution in [2.75, 3.05) is 26.3 Å². The molecule has 1 heterocycles. The highest BCUT2D eigenvalue weighted by Gasteiger charge is 2.22. The first-order chi connectivity index (χ1) is 8.24. The maximum absolute atomic E-state index is 11.6. The van der Waals surface area contributed by atoms with Gasteiger partial charge in [-0.05, 0) is 25.3 Å². The molecule has 1 aliphatic heterocycles. The number of carbonyl (C=O) groups excluding carboxylic acids is 1. The standard InChI is InChI=1S/C13H26N2O2/c1-3-4-5-8-17-10-13(16)15-12-9-14-7-6-11(12)2/h11-12,14H,3-10H2,1-2H3,(H,15,16). The van der Waals surface area contributed by atoms with Crippen molar-refractivity contribution in [1.82, 2.24) is 10.6 Å². The molecular formula is C13H26N2O2. The van der Waals surface area contributed by atoms with E-state index in [1.165, 1.54) is 12.8 Å². The van der Waals surface area contributed by atoms with Crippen LogP contribution in [0.1, 0.15) is 39.5 Å². The number of carbonyl (C=O) groups is 1. The van der Waals surface area contributed by atoms with Gasteiger partial charge in [0.2, 0.25) is 5.91 Å². The van der Waals surface area contributed by atoms with Gasteiger partial charge in [0.15, 0.2) is 0 Å². The normalized spacial score (nSPS) is 24.6. The van der Waals surface area contributed by atoms with Crippen molar-refractivity contribution in [3.05, 3.63) is 0 Å². The lowest BCUT2D eigenvalue weighted by Crippen LogP contribution is -2.51. The van der Waals surface area contributed by atoms with Crippen LogP contribution in [-0.2, 0) is 9.53 Å². The third kappa shape index (κ3) is 6.03. The predicted molar refractivity (Wildman–Crippen MR) is 68.9 cm³/mol. The lowest BCUT2D eigenvalue weighted by molar-refractivity contribution is -0.126. The summed E-state index contributed by atoms with van der Waals surface area (Å²) in [6, 6.07) is 0.260. The summed E-state index contributed by atoms with van der Waals surface area (Å²) in [5, 5.41) is 6.33. The number of hydrogen-bond donors (Lipinski definition) is 2. The Balaban J connectivity index is 2.07. The van der Waals surface area contributed by atoms with Crippen molar-refractivity contribution < 1.29 is 9.53 Å². The molecule has 1 aliphatic rings. The maximum atomic E-state index is 11.6. The first kappa shape index (κ1) is 14.5. The van der Waals surface area contributed by atoms with E-state index >= 15 is 0 Å². The highest BCUT2D eigenvalue weighted by atomic mass is 16.5. The predicted octanol–water partition coefficient (Wildman–Crippen LogP) is 1.31. The Morgan fingerprint density at radius 1 is 1.47 bits per heavy atom. The molecule has 2 unspecified atom stereocenters. The summed E-state index contributed by atoms with van der Waals surface area (Å²) in [5.74, 6) is 0.572. The maximum Gasteiger partial charge on any atom is 0.246 e. The van der Waals surface area contributed by atoms with Gasteiger partial charge in [-0.2, -0.15) is 0 Å². The second-order valence-corrected chi connectivity index (χ2v) is 4.90. The third-order valence-electron chi connectivity index (χ3n) is 3.30. The average Bonchev–Trinajstić information content (AvgIpc) is 2.32. The van der Waals surface area contributed by atoms with Crippen LogP contribution in [0.15, 0.2) is 0 Å². The first-order valence-electron chi connectivity index (χ1n) is 6.82. The zero-order chi connectivity index (χ0) is 12.5. The fourth-order valence-corrected chi connectivity index (χ4v) is 2.05. The van der Waals surface area contributed by atoms with Gasteiger partial charge in [0.1, 0.15) is 6.61 Å². The molecule has 0 radical (unpaired) electrons. The fourth-order valence-electron chi connectivity index (χ4n) is 2.05.